The molecule has 2 amide bonds. The van der Waals surface area contributed by atoms with Gasteiger partial charge in [0.15, 0.2) is 6.61 Å². The van der Waals surface area contributed by atoms with Crippen molar-refractivity contribution in [2.75, 3.05) is 11.5 Å². The van der Waals surface area contributed by atoms with Crippen LogP contribution in [0, 0.1) is 45.6 Å². The van der Waals surface area contributed by atoms with Crippen molar-refractivity contribution in [3.63, 3.8) is 0 Å². The van der Waals surface area contributed by atoms with E-state index in [2.05, 4.69) is 28.1 Å². The van der Waals surface area contributed by atoms with E-state index in [4.69, 9.17) is 9.72 Å². The highest BCUT2D eigenvalue weighted by Crippen LogP contribution is 2.65. The van der Waals surface area contributed by atoms with Crippen LogP contribution in [0.4, 0.5) is 11.4 Å². The lowest BCUT2D eigenvalue weighted by molar-refractivity contribution is -0.384. The summed E-state index contributed by atoms with van der Waals surface area (Å²) in [4.78, 5) is 70.4. The number of imide groups is 1. The predicted molar refractivity (Wildman–Crippen MR) is 179 cm³/mol. The molecular weight excluding hydrogens is 678 g/mol. The van der Waals surface area contributed by atoms with Crippen molar-refractivity contribution in [2.45, 2.75) is 19.8 Å². The highest BCUT2D eigenvalue weighted by Gasteiger charge is 2.67. The number of allylic oxidation sites excluding steroid dienone is 2. The summed E-state index contributed by atoms with van der Waals surface area (Å²) >= 11 is 3.52. The van der Waals surface area contributed by atoms with Crippen LogP contribution in [0.5, 0.6) is 0 Å². The fourth-order valence-electron chi connectivity index (χ4n) is 8.02. The van der Waals surface area contributed by atoms with Gasteiger partial charge in [-0.25, -0.2) is 9.78 Å². The van der Waals surface area contributed by atoms with E-state index < -0.39 is 23.3 Å². The number of nitro benzene ring substituents is 1. The molecule has 2 saturated carbocycles. The van der Waals surface area contributed by atoms with Crippen molar-refractivity contribution < 1.29 is 28.8 Å². The summed E-state index contributed by atoms with van der Waals surface area (Å²) in [6.45, 7) is 1.37. The van der Waals surface area contributed by atoms with E-state index in [-0.39, 0.29) is 52.3 Å². The number of benzene rings is 3. The van der Waals surface area contributed by atoms with Gasteiger partial charge < -0.3 is 4.74 Å². The number of fused-ring (bicyclic) bond motifs is 1. The summed E-state index contributed by atoms with van der Waals surface area (Å²) in [5, 5.41) is 11.7. The number of halogens is 1. The quantitative estimate of drug-likeness (QED) is 0.0491. The summed E-state index contributed by atoms with van der Waals surface area (Å²) in [5.74, 6) is -0.856. The van der Waals surface area contributed by atoms with Crippen LogP contribution >= 0.6 is 15.9 Å². The van der Waals surface area contributed by atoms with Crippen LogP contribution in [0.15, 0.2) is 83.4 Å². The summed E-state index contributed by atoms with van der Waals surface area (Å²) < 4.78 is 6.20. The smallest absolute Gasteiger partial charge is 0.339 e. The zero-order valence-electron chi connectivity index (χ0n) is 25.7. The zero-order valence-corrected chi connectivity index (χ0v) is 27.3. The summed E-state index contributed by atoms with van der Waals surface area (Å²) in [6, 6.07) is 17.6. The summed E-state index contributed by atoms with van der Waals surface area (Å²) in [6.07, 6.45) is 6.03. The number of ketones is 1. The summed E-state index contributed by atoms with van der Waals surface area (Å²) in [7, 11) is 0. The number of carbonyl (C=O) groups is 4. The van der Waals surface area contributed by atoms with Gasteiger partial charge in [0.2, 0.25) is 17.6 Å². The van der Waals surface area contributed by atoms with Gasteiger partial charge in [0.05, 0.1) is 39.2 Å². The van der Waals surface area contributed by atoms with Crippen LogP contribution in [0.2, 0.25) is 0 Å². The number of nitro groups is 1. The molecule has 48 heavy (non-hydrogen) atoms. The fourth-order valence-corrected chi connectivity index (χ4v) is 8.53. The SMILES string of the molecule is CCc1cc(Br)cc2c(C(=O)OCC(=O)c3cccc([N+](=O)[O-])c3)cc(-c3ccc(N4C(=O)C5C6C=CC(C7CC67)C5C4=O)cc3)nc12. The van der Waals surface area contributed by atoms with Gasteiger partial charge in [-0.2, -0.15) is 0 Å². The number of Topliss-reactive ketones (excluding diaryl/α,β-unsaturated/α-hetero) is 1. The molecule has 11 heteroatoms. The maximum atomic E-state index is 13.6. The Kier molecular flexibility index (Phi) is 7.13. The number of nitrogens with zero attached hydrogens (tertiary/aromatic N) is 3. The number of esters is 1. The minimum absolute atomic E-state index is 0.0586. The number of aromatic nitrogens is 1. The number of non-ortho nitro benzene ring substituents is 1. The number of amides is 2. The first-order valence-electron chi connectivity index (χ1n) is 15.9. The first-order chi connectivity index (χ1) is 23.1. The second-order valence-electron chi connectivity index (χ2n) is 12.9. The van der Waals surface area contributed by atoms with Crippen LogP contribution in [-0.2, 0) is 20.7 Å². The van der Waals surface area contributed by atoms with Gasteiger partial charge in [0, 0.05) is 33.1 Å². The molecule has 6 atom stereocenters. The van der Waals surface area contributed by atoms with Gasteiger partial charge in [0.1, 0.15) is 0 Å². The van der Waals surface area contributed by atoms with Crippen LogP contribution in [-0.4, -0.2) is 40.1 Å². The zero-order chi connectivity index (χ0) is 33.4. The number of carbonyl (C=O) groups excluding carboxylic acids is 4. The van der Waals surface area contributed by atoms with E-state index in [9.17, 15) is 29.3 Å². The Balaban J connectivity index is 1.09. The minimum atomic E-state index is -0.753. The number of aryl methyl sites for hydroxylation is 1. The number of ether oxygens (including phenoxy) is 1. The highest BCUT2D eigenvalue weighted by molar-refractivity contribution is 9.10. The first kappa shape index (κ1) is 30.3. The molecule has 2 bridgehead atoms. The lowest BCUT2D eigenvalue weighted by Crippen LogP contribution is -2.40. The third-order valence-electron chi connectivity index (χ3n) is 10.4. The normalized spacial score (nSPS) is 24.8. The molecule has 1 saturated heterocycles. The average Bonchev–Trinajstić information content (AvgIpc) is 3.88. The Morgan fingerprint density at radius 1 is 0.979 bits per heavy atom. The Hall–Kier alpha value is -5.03. The molecule has 9 rings (SSSR count). The molecular formula is C37H28BrN3O7. The Morgan fingerprint density at radius 2 is 1.67 bits per heavy atom. The maximum absolute atomic E-state index is 13.6. The first-order valence-corrected chi connectivity index (χ1v) is 16.7. The van der Waals surface area contributed by atoms with E-state index >= 15 is 0 Å². The van der Waals surface area contributed by atoms with Crippen LogP contribution in [0.3, 0.4) is 0 Å². The molecule has 0 spiro atoms. The van der Waals surface area contributed by atoms with Crippen molar-refractivity contribution in [1.82, 2.24) is 4.98 Å². The molecule has 3 fully saturated rings. The van der Waals surface area contributed by atoms with Crippen molar-refractivity contribution in [3.8, 4) is 11.3 Å². The second kappa shape index (κ2) is 11.3. The number of pyridine rings is 1. The van der Waals surface area contributed by atoms with Crippen LogP contribution in [0.1, 0.15) is 39.6 Å². The Labute approximate surface area is 283 Å². The fraction of sp³-hybridized carbons (Fsp3) is 0.270. The van der Waals surface area contributed by atoms with Gasteiger partial charge in [0.25, 0.3) is 5.69 Å². The lowest BCUT2D eigenvalue weighted by Gasteiger charge is -2.37. The van der Waals surface area contributed by atoms with Crippen LogP contribution < -0.4 is 4.90 Å². The molecule has 2 heterocycles. The van der Waals surface area contributed by atoms with Gasteiger partial charge in [-0.1, -0.05) is 59.3 Å². The third kappa shape index (κ3) is 4.78. The van der Waals surface area contributed by atoms with Crippen molar-refractivity contribution >= 4 is 61.8 Å². The van der Waals surface area contributed by atoms with Gasteiger partial charge in [-0.05, 0) is 72.4 Å². The lowest BCUT2D eigenvalue weighted by atomic mass is 9.63. The van der Waals surface area contributed by atoms with Crippen LogP contribution in [0.25, 0.3) is 22.2 Å². The van der Waals surface area contributed by atoms with Crippen molar-refractivity contribution in [2.24, 2.45) is 35.5 Å². The predicted octanol–water partition coefficient (Wildman–Crippen LogP) is 6.73. The molecule has 4 aromatic rings. The molecule has 4 aliphatic carbocycles. The van der Waals surface area contributed by atoms with Gasteiger partial charge >= 0.3 is 5.97 Å². The molecule has 5 aliphatic rings. The largest absolute Gasteiger partial charge is 0.454 e. The van der Waals surface area contributed by atoms with E-state index in [0.717, 1.165) is 22.5 Å². The molecule has 240 valence electrons. The van der Waals surface area contributed by atoms with Gasteiger partial charge in [-0.3, -0.25) is 29.4 Å². The van der Waals surface area contributed by atoms with E-state index in [1.165, 1.54) is 23.1 Å². The third-order valence-corrected chi connectivity index (χ3v) is 10.8. The number of hydrogen-bond donors (Lipinski definition) is 0. The Bertz CT molecular complexity index is 2090. The van der Waals surface area contributed by atoms with E-state index in [1.54, 1.807) is 36.4 Å². The number of anilines is 1. The van der Waals surface area contributed by atoms with E-state index in [1.807, 2.05) is 13.0 Å². The Morgan fingerprint density at radius 3 is 2.31 bits per heavy atom. The molecule has 1 aliphatic heterocycles. The van der Waals surface area contributed by atoms with Crippen molar-refractivity contribution in [1.29, 1.82) is 0 Å². The molecule has 6 unspecified atom stereocenters. The van der Waals surface area contributed by atoms with E-state index in [0.29, 0.717) is 46.1 Å². The number of hydrogen-bond acceptors (Lipinski definition) is 8. The standard InChI is InChI=1S/C37H28BrN3O7/c1-2-18-12-21(38)14-28-29(37(45)48-17-31(42)20-4-3-5-23(13-20)41(46)47)16-30(39-34(18)28)19-6-8-22(9-7-19)40-35(43)32-24-10-11-25(27-15-26(24)27)33(32)36(40)44/h3-14,16,24-27,32-33H,2,15,17H2,1H3. The molecule has 3 aromatic carbocycles. The number of rotatable bonds is 8. The maximum Gasteiger partial charge on any atom is 0.339 e. The van der Waals surface area contributed by atoms with Gasteiger partial charge in [-0.15, -0.1) is 0 Å². The minimum Gasteiger partial charge on any atom is -0.454 e. The highest BCUT2D eigenvalue weighted by atomic mass is 79.9. The second-order valence-corrected chi connectivity index (χ2v) is 13.8. The topological polar surface area (TPSA) is 137 Å². The summed E-state index contributed by atoms with van der Waals surface area (Å²) in [5.41, 5.74) is 3.13. The van der Waals surface area contributed by atoms with Crippen molar-refractivity contribution in [3.05, 3.63) is 110 Å². The monoisotopic (exact) mass is 705 g/mol. The molecule has 10 nitrogen and oxygen atoms in total. The molecule has 0 radical (unpaired) electrons. The molecule has 1 aromatic heterocycles. The molecule has 0 N–H and O–H groups in total. The average molecular weight is 707 g/mol.